The van der Waals surface area contributed by atoms with Crippen molar-refractivity contribution in [2.24, 2.45) is 20.4 Å². The van der Waals surface area contributed by atoms with Crippen LogP contribution in [0.5, 0.6) is 0 Å². The van der Waals surface area contributed by atoms with Crippen LogP contribution in [0.3, 0.4) is 0 Å². The topological polar surface area (TPSA) is 73.5 Å². The average Bonchev–Trinajstić information content (AvgIpc) is 2.79. The molecule has 0 saturated heterocycles. The van der Waals surface area contributed by atoms with Gasteiger partial charge in [0.25, 0.3) is 0 Å². The summed E-state index contributed by atoms with van der Waals surface area (Å²) in [6.07, 6.45) is -9.06. The summed E-state index contributed by atoms with van der Waals surface area (Å²) in [5, 5.41) is 18.3. The van der Waals surface area contributed by atoms with Crippen molar-refractivity contribution in [3.05, 3.63) is 70.7 Å². The van der Waals surface area contributed by atoms with Crippen molar-refractivity contribution in [1.29, 1.82) is 0 Å². The van der Waals surface area contributed by atoms with Gasteiger partial charge in [-0.2, -0.15) is 36.5 Å². The van der Waals surface area contributed by atoms with Crippen molar-refractivity contribution < 1.29 is 43.4 Å². The standard InChI is InChI=1S/C20H17ClF6N6S2.Cu/c21-14-8-6-13(7-9-14)16(31-33-18(35)29-11-20(25,26)27)15(12-4-2-1-3-5-12)30-32-17(34)28-10-19(22,23)24;/h1-9H,10-11H2,(H2,28,32,34)(H2,29,33,35);/q;+2/p-2/b30-15+,31-16+;. The maximum Gasteiger partial charge on any atom is 2.00 e. The summed E-state index contributed by atoms with van der Waals surface area (Å²) >= 11 is 15.5. The quantitative estimate of drug-likeness (QED) is 0.120. The Morgan fingerprint density at radius 2 is 1.06 bits per heavy atom. The summed E-state index contributed by atoms with van der Waals surface area (Å²) in [4.78, 5) is 0. The van der Waals surface area contributed by atoms with E-state index in [2.05, 4.69) is 20.4 Å². The molecule has 0 saturated carbocycles. The molecule has 0 aliphatic heterocycles. The van der Waals surface area contributed by atoms with E-state index in [0.717, 1.165) is 0 Å². The van der Waals surface area contributed by atoms with Gasteiger partial charge < -0.3 is 35.9 Å². The van der Waals surface area contributed by atoms with Crippen molar-refractivity contribution >= 4 is 58.6 Å². The van der Waals surface area contributed by atoms with Crippen LogP contribution < -0.4 is 10.6 Å². The first-order valence-electron chi connectivity index (χ1n) is 9.42. The predicted octanol–water partition coefficient (Wildman–Crippen LogP) is 4.56. The molecule has 2 aromatic carbocycles. The van der Waals surface area contributed by atoms with E-state index in [1.807, 2.05) is 10.6 Å². The van der Waals surface area contributed by atoms with E-state index in [9.17, 15) is 26.3 Å². The van der Waals surface area contributed by atoms with Crippen molar-refractivity contribution in [1.82, 2.24) is 10.6 Å². The van der Waals surface area contributed by atoms with Gasteiger partial charge in [-0.05, 0) is 22.5 Å². The van der Waals surface area contributed by atoms with Crippen LogP contribution in [0.4, 0.5) is 26.3 Å². The molecule has 2 rings (SSSR count). The summed E-state index contributed by atoms with van der Waals surface area (Å²) in [7, 11) is 0. The average molecular weight is 617 g/mol. The van der Waals surface area contributed by atoms with Crippen molar-refractivity contribution in [2.75, 3.05) is 13.1 Å². The Labute approximate surface area is 228 Å². The molecule has 0 heterocycles. The zero-order valence-electron chi connectivity index (χ0n) is 17.7. The van der Waals surface area contributed by atoms with Gasteiger partial charge >= 0.3 is 29.4 Å². The Hall–Kier alpha value is -2.45. The third kappa shape index (κ3) is 12.0. The Morgan fingerprint density at radius 1 is 0.667 bits per heavy atom. The van der Waals surface area contributed by atoms with Crippen LogP contribution in [0.15, 0.2) is 75.0 Å². The van der Waals surface area contributed by atoms with E-state index in [0.29, 0.717) is 16.1 Å². The molecule has 0 aromatic heterocycles. The maximum atomic E-state index is 12.4. The number of hydrogen-bond acceptors (Lipinski definition) is 6. The van der Waals surface area contributed by atoms with Crippen LogP contribution in [0, 0.1) is 0 Å². The molecule has 197 valence electrons. The molecule has 0 bridgehead atoms. The molecule has 0 unspecified atom stereocenters. The van der Waals surface area contributed by atoms with Gasteiger partial charge in [0.15, 0.2) is 0 Å². The number of halogens is 7. The summed E-state index contributed by atoms with van der Waals surface area (Å²) in [5.41, 5.74) is 0.773. The molecular weight excluding hydrogens is 601 g/mol. The number of benzene rings is 2. The van der Waals surface area contributed by atoms with Crippen LogP contribution in [-0.2, 0) is 42.3 Å². The van der Waals surface area contributed by atoms with Crippen molar-refractivity contribution in [3.8, 4) is 0 Å². The first kappa shape index (κ1) is 31.6. The van der Waals surface area contributed by atoms with Gasteiger partial charge in [-0.1, -0.05) is 54.1 Å². The molecule has 16 heteroatoms. The fraction of sp³-hybridized carbons (Fsp3) is 0.200. The Bertz CT molecular complexity index is 1110. The number of alkyl halides is 6. The van der Waals surface area contributed by atoms with Gasteiger partial charge in [0.2, 0.25) is 0 Å². The summed E-state index contributed by atoms with van der Waals surface area (Å²) in [6, 6.07) is 14.3. The van der Waals surface area contributed by atoms with Crippen LogP contribution in [0.25, 0.3) is 0 Å². The Kier molecular flexibility index (Phi) is 12.6. The normalized spacial score (nSPS) is 13.8. The minimum Gasteiger partial charge on any atom is -0.741 e. The molecular formula is C20H15ClCuF6N6S2. The van der Waals surface area contributed by atoms with Crippen LogP contribution in [0.1, 0.15) is 11.1 Å². The third-order valence-electron chi connectivity index (χ3n) is 3.75. The summed E-state index contributed by atoms with van der Waals surface area (Å²) in [5.74, 6) is 0. The van der Waals surface area contributed by atoms with E-state index in [1.54, 1.807) is 30.3 Å². The zero-order chi connectivity index (χ0) is 26.1. The molecule has 0 amide bonds. The van der Waals surface area contributed by atoms with E-state index in [1.165, 1.54) is 24.3 Å². The molecule has 36 heavy (non-hydrogen) atoms. The van der Waals surface area contributed by atoms with Gasteiger partial charge in [0.1, 0.15) is 24.5 Å². The second-order valence-electron chi connectivity index (χ2n) is 6.52. The number of nitrogens with one attached hydrogen (secondary N) is 2. The summed E-state index contributed by atoms with van der Waals surface area (Å²) < 4.78 is 74.7. The van der Waals surface area contributed by atoms with Crippen LogP contribution in [0.2, 0.25) is 5.02 Å². The van der Waals surface area contributed by atoms with Gasteiger partial charge in [0.05, 0.1) is 0 Å². The maximum absolute atomic E-state index is 12.4. The van der Waals surface area contributed by atoms with Crippen molar-refractivity contribution in [2.45, 2.75) is 12.4 Å². The van der Waals surface area contributed by atoms with Gasteiger partial charge in [-0.15, -0.1) is 10.2 Å². The second kappa shape index (κ2) is 14.3. The van der Waals surface area contributed by atoms with E-state index < -0.39 is 35.8 Å². The SMILES string of the molecule is FC(F)(F)CN/C([S-])=N/N=C(/C(=N/N=C(\[S-])NCC(F)(F)F)c1ccc(Cl)cc1)c1ccccc1.[Cu+2]. The number of nitrogens with zero attached hydrogens (tertiary/aromatic N) is 4. The number of rotatable bonds is 7. The fourth-order valence-electron chi connectivity index (χ4n) is 2.30. The Morgan fingerprint density at radius 3 is 1.44 bits per heavy atom. The van der Waals surface area contributed by atoms with Gasteiger partial charge in [-0.25, -0.2) is 0 Å². The minimum absolute atomic E-state index is 0. The second-order valence-corrected chi connectivity index (χ2v) is 7.73. The van der Waals surface area contributed by atoms with E-state index in [-0.39, 0.29) is 28.5 Å². The molecule has 2 aromatic rings. The number of hydrogen-bond donors (Lipinski definition) is 2. The molecule has 6 nitrogen and oxygen atoms in total. The number of amidine groups is 2. The molecule has 2 N–H and O–H groups in total. The van der Waals surface area contributed by atoms with Gasteiger partial charge in [-0.3, -0.25) is 0 Å². The first-order chi connectivity index (χ1) is 16.3. The summed E-state index contributed by atoms with van der Waals surface area (Å²) in [6.45, 7) is -2.84. The van der Waals surface area contributed by atoms with Crippen LogP contribution >= 0.6 is 11.6 Å². The molecule has 1 radical (unpaired) electrons. The van der Waals surface area contributed by atoms with Crippen LogP contribution in [-0.4, -0.2) is 47.2 Å². The monoisotopic (exact) mass is 615 g/mol. The molecule has 0 atom stereocenters. The first-order valence-corrected chi connectivity index (χ1v) is 10.6. The van der Waals surface area contributed by atoms with Crippen molar-refractivity contribution in [3.63, 3.8) is 0 Å². The Balaban J connectivity index is 0.00000648. The molecule has 0 aliphatic carbocycles. The minimum atomic E-state index is -4.53. The molecule has 0 fully saturated rings. The third-order valence-corrected chi connectivity index (χ3v) is 4.45. The van der Waals surface area contributed by atoms with E-state index >= 15 is 0 Å². The smallest absolute Gasteiger partial charge is 0.741 e. The molecule has 0 spiro atoms. The largest absolute Gasteiger partial charge is 2.00 e. The zero-order valence-corrected chi connectivity index (χ0v) is 21.0. The molecule has 0 aliphatic rings. The van der Waals surface area contributed by atoms with E-state index in [4.69, 9.17) is 36.9 Å². The fourth-order valence-corrected chi connectivity index (χ4v) is 2.65. The van der Waals surface area contributed by atoms with Gasteiger partial charge in [0, 0.05) is 16.1 Å². The predicted molar refractivity (Wildman–Crippen MR) is 129 cm³/mol.